The van der Waals surface area contributed by atoms with Crippen molar-refractivity contribution in [3.63, 3.8) is 0 Å². The Balaban J connectivity index is 2.28. The van der Waals surface area contributed by atoms with Gasteiger partial charge in [-0.05, 0) is 55.9 Å². The summed E-state index contributed by atoms with van der Waals surface area (Å²) in [5.74, 6) is 1.28. The zero-order chi connectivity index (χ0) is 12.5. The van der Waals surface area contributed by atoms with Crippen molar-refractivity contribution in [2.24, 2.45) is 0 Å². The van der Waals surface area contributed by atoms with Gasteiger partial charge in [-0.25, -0.2) is 0 Å². The van der Waals surface area contributed by atoms with Crippen molar-refractivity contribution in [3.05, 3.63) is 35.4 Å². The minimum absolute atomic E-state index is 0.468. The van der Waals surface area contributed by atoms with Crippen LogP contribution in [0.1, 0.15) is 43.9 Å². The lowest BCUT2D eigenvalue weighted by Gasteiger charge is -2.14. The van der Waals surface area contributed by atoms with Gasteiger partial charge in [0.2, 0.25) is 0 Å². The standard InChI is InChI=1S/C15H25NS/c1-4-14-7-9-15(10-8-14)13(2)16-11-5-6-12-17-3/h7-10,13,16H,4-6,11-12H2,1-3H3. The van der Waals surface area contributed by atoms with Crippen molar-refractivity contribution in [2.45, 2.75) is 39.2 Å². The summed E-state index contributed by atoms with van der Waals surface area (Å²) < 4.78 is 0. The van der Waals surface area contributed by atoms with Crippen molar-refractivity contribution in [1.82, 2.24) is 5.32 Å². The molecule has 0 saturated heterocycles. The molecule has 0 fully saturated rings. The zero-order valence-electron chi connectivity index (χ0n) is 11.3. The van der Waals surface area contributed by atoms with E-state index in [4.69, 9.17) is 0 Å². The summed E-state index contributed by atoms with van der Waals surface area (Å²) in [7, 11) is 0. The Morgan fingerprint density at radius 1 is 1.18 bits per heavy atom. The molecule has 0 aliphatic heterocycles. The number of benzene rings is 1. The van der Waals surface area contributed by atoms with Gasteiger partial charge < -0.3 is 5.32 Å². The van der Waals surface area contributed by atoms with Gasteiger partial charge in [0.05, 0.1) is 0 Å². The van der Waals surface area contributed by atoms with E-state index in [1.807, 2.05) is 11.8 Å². The summed E-state index contributed by atoms with van der Waals surface area (Å²) in [6.45, 7) is 5.56. The predicted octanol–water partition coefficient (Wildman–Crippen LogP) is 4.04. The van der Waals surface area contributed by atoms with Gasteiger partial charge in [0, 0.05) is 6.04 Å². The van der Waals surface area contributed by atoms with Crippen molar-refractivity contribution in [2.75, 3.05) is 18.6 Å². The van der Waals surface area contributed by atoms with E-state index in [-0.39, 0.29) is 0 Å². The highest BCUT2D eigenvalue weighted by Gasteiger charge is 2.03. The Morgan fingerprint density at radius 2 is 1.88 bits per heavy atom. The minimum Gasteiger partial charge on any atom is -0.310 e. The van der Waals surface area contributed by atoms with Crippen molar-refractivity contribution in [3.8, 4) is 0 Å². The number of nitrogens with one attached hydrogen (secondary N) is 1. The van der Waals surface area contributed by atoms with E-state index in [0.29, 0.717) is 6.04 Å². The molecule has 1 N–H and O–H groups in total. The first-order chi connectivity index (χ1) is 8.27. The van der Waals surface area contributed by atoms with Crippen LogP contribution in [0.15, 0.2) is 24.3 Å². The van der Waals surface area contributed by atoms with Gasteiger partial charge in [-0.15, -0.1) is 0 Å². The molecule has 0 aromatic heterocycles. The first kappa shape index (κ1) is 14.6. The number of thioether (sulfide) groups is 1. The van der Waals surface area contributed by atoms with Crippen LogP contribution in [0.3, 0.4) is 0 Å². The Hall–Kier alpha value is -0.470. The fraction of sp³-hybridized carbons (Fsp3) is 0.600. The van der Waals surface area contributed by atoms with Crippen LogP contribution in [0.5, 0.6) is 0 Å². The third-order valence-corrected chi connectivity index (χ3v) is 3.81. The highest BCUT2D eigenvalue weighted by atomic mass is 32.2. The second kappa shape index (κ2) is 8.60. The van der Waals surface area contributed by atoms with E-state index in [0.717, 1.165) is 13.0 Å². The number of aryl methyl sites for hydroxylation is 1. The molecule has 0 radical (unpaired) electrons. The molecule has 0 amide bonds. The monoisotopic (exact) mass is 251 g/mol. The normalized spacial score (nSPS) is 12.6. The van der Waals surface area contributed by atoms with Gasteiger partial charge in [0.25, 0.3) is 0 Å². The van der Waals surface area contributed by atoms with Crippen LogP contribution in [0.4, 0.5) is 0 Å². The predicted molar refractivity (Wildman–Crippen MR) is 79.9 cm³/mol. The van der Waals surface area contributed by atoms with Crippen molar-refractivity contribution < 1.29 is 0 Å². The molecule has 1 aromatic rings. The maximum atomic E-state index is 3.59. The number of unbranched alkanes of at least 4 members (excludes halogenated alkanes) is 1. The third kappa shape index (κ3) is 5.60. The fourth-order valence-corrected chi connectivity index (χ4v) is 2.34. The van der Waals surface area contributed by atoms with Crippen LogP contribution in [-0.4, -0.2) is 18.6 Å². The molecular weight excluding hydrogens is 226 g/mol. The lowest BCUT2D eigenvalue weighted by atomic mass is 10.0. The van der Waals surface area contributed by atoms with Crippen molar-refractivity contribution in [1.29, 1.82) is 0 Å². The number of rotatable bonds is 8. The molecule has 1 aromatic carbocycles. The SMILES string of the molecule is CCc1ccc(C(C)NCCCCSC)cc1. The maximum absolute atomic E-state index is 3.59. The second-order valence-corrected chi connectivity index (χ2v) is 5.46. The van der Waals surface area contributed by atoms with Crippen LogP contribution in [0.25, 0.3) is 0 Å². The molecule has 1 atom stereocenters. The molecule has 1 unspecified atom stereocenters. The fourth-order valence-electron chi connectivity index (χ4n) is 1.85. The molecule has 2 heteroatoms. The number of hydrogen-bond donors (Lipinski definition) is 1. The van der Waals surface area contributed by atoms with E-state index in [2.05, 4.69) is 49.7 Å². The van der Waals surface area contributed by atoms with Crippen LogP contribution >= 0.6 is 11.8 Å². The first-order valence-corrected chi connectivity index (χ1v) is 7.98. The smallest absolute Gasteiger partial charge is 0.0291 e. The maximum Gasteiger partial charge on any atom is 0.0291 e. The summed E-state index contributed by atoms with van der Waals surface area (Å²) in [6.07, 6.45) is 5.88. The molecule has 0 heterocycles. The molecule has 0 aliphatic carbocycles. The van der Waals surface area contributed by atoms with Gasteiger partial charge >= 0.3 is 0 Å². The first-order valence-electron chi connectivity index (χ1n) is 6.59. The summed E-state index contributed by atoms with van der Waals surface area (Å²) in [5.41, 5.74) is 2.81. The van der Waals surface area contributed by atoms with Crippen molar-refractivity contribution >= 4 is 11.8 Å². The molecule has 17 heavy (non-hydrogen) atoms. The van der Waals surface area contributed by atoms with E-state index in [9.17, 15) is 0 Å². The Kier molecular flexibility index (Phi) is 7.38. The van der Waals surface area contributed by atoms with Gasteiger partial charge in [0.1, 0.15) is 0 Å². The highest BCUT2D eigenvalue weighted by molar-refractivity contribution is 7.98. The van der Waals surface area contributed by atoms with E-state index >= 15 is 0 Å². The molecular formula is C15H25NS. The Bertz CT molecular complexity index is 294. The molecule has 96 valence electrons. The van der Waals surface area contributed by atoms with Crippen LogP contribution in [0.2, 0.25) is 0 Å². The van der Waals surface area contributed by atoms with E-state index in [1.165, 1.54) is 29.7 Å². The summed E-state index contributed by atoms with van der Waals surface area (Å²) in [5, 5.41) is 3.59. The largest absolute Gasteiger partial charge is 0.310 e. The molecule has 0 bridgehead atoms. The molecule has 0 spiro atoms. The lowest BCUT2D eigenvalue weighted by Crippen LogP contribution is -2.19. The Morgan fingerprint density at radius 3 is 2.47 bits per heavy atom. The van der Waals surface area contributed by atoms with E-state index < -0.39 is 0 Å². The molecule has 0 aliphatic rings. The molecule has 1 rings (SSSR count). The van der Waals surface area contributed by atoms with Crippen LogP contribution < -0.4 is 5.32 Å². The van der Waals surface area contributed by atoms with Gasteiger partial charge in [-0.2, -0.15) is 11.8 Å². The zero-order valence-corrected chi connectivity index (χ0v) is 12.1. The van der Waals surface area contributed by atoms with E-state index in [1.54, 1.807) is 0 Å². The average molecular weight is 251 g/mol. The topological polar surface area (TPSA) is 12.0 Å². The third-order valence-electron chi connectivity index (χ3n) is 3.11. The summed E-state index contributed by atoms with van der Waals surface area (Å²) in [6, 6.07) is 9.44. The second-order valence-electron chi connectivity index (χ2n) is 4.47. The average Bonchev–Trinajstić information content (AvgIpc) is 2.38. The van der Waals surface area contributed by atoms with Gasteiger partial charge in [0.15, 0.2) is 0 Å². The Labute approximate surface area is 110 Å². The quantitative estimate of drug-likeness (QED) is 0.700. The molecule has 1 nitrogen and oxygen atoms in total. The minimum atomic E-state index is 0.468. The summed E-state index contributed by atoms with van der Waals surface area (Å²) >= 11 is 1.93. The van der Waals surface area contributed by atoms with Gasteiger partial charge in [-0.1, -0.05) is 31.2 Å². The lowest BCUT2D eigenvalue weighted by molar-refractivity contribution is 0.555. The highest BCUT2D eigenvalue weighted by Crippen LogP contribution is 2.13. The van der Waals surface area contributed by atoms with Crippen LogP contribution in [-0.2, 0) is 6.42 Å². The number of hydrogen-bond acceptors (Lipinski definition) is 2. The van der Waals surface area contributed by atoms with Crippen LogP contribution in [0, 0.1) is 0 Å². The van der Waals surface area contributed by atoms with Gasteiger partial charge in [-0.3, -0.25) is 0 Å². The molecule has 0 saturated carbocycles. The summed E-state index contributed by atoms with van der Waals surface area (Å²) in [4.78, 5) is 0.